The predicted octanol–water partition coefficient (Wildman–Crippen LogP) is 3.76. The maximum absolute atomic E-state index is 3.55. The number of nitrogens with zero attached hydrogens (tertiary/aromatic N) is 2. The van der Waals surface area contributed by atoms with Gasteiger partial charge in [-0.2, -0.15) is 10.4 Å². The van der Waals surface area contributed by atoms with Gasteiger partial charge in [0.15, 0.2) is 6.67 Å². The molecular formula is C20H18N3+. The lowest BCUT2D eigenvalue weighted by molar-refractivity contribution is -0.429. The van der Waals surface area contributed by atoms with Crippen LogP contribution in [0.2, 0.25) is 0 Å². The van der Waals surface area contributed by atoms with Crippen molar-refractivity contribution in [3.63, 3.8) is 0 Å². The zero-order valence-corrected chi connectivity index (χ0v) is 12.8. The minimum absolute atomic E-state index is 0.762. The molecule has 0 amide bonds. The lowest BCUT2D eigenvalue weighted by Crippen LogP contribution is -2.36. The Morgan fingerprint density at radius 3 is 1.91 bits per heavy atom. The maximum atomic E-state index is 3.55. The molecule has 0 unspecified atom stereocenters. The number of anilines is 1. The molecule has 1 aliphatic rings. The first-order chi connectivity index (χ1) is 11.4. The zero-order valence-electron chi connectivity index (χ0n) is 12.8. The van der Waals surface area contributed by atoms with E-state index in [1.54, 1.807) is 0 Å². The van der Waals surface area contributed by atoms with E-state index in [1.165, 1.54) is 11.3 Å². The normalized spacial score (nSPS) is 14.0. The van der Waals surface area contributed by atoms with Crippen molar-refractivity contribution in [3.8, 4) is 0 Å². The summed E-state index contributed by atoms with van der Waals surface area (Å²) in [5, 5.41) is 2.16. The lowest BCUT2D eigenvalue weighted by Gasteiger charge is -2.12. The van der Waals surface area contributed by atoms with Crippen molar-refractivity contribution in [2.75, 3.05) is 11.7 Å². The van der Waals surface area contributed by atoms with Crippen molar-refractivity contribution in [1.82, 2.24) is 5.43 Å². The number of nitrogens with one attached hydrogen (secondary N) is 1. The number of hydrogen-bond acceptors (Lipinski definition) is 2. The minimum Gasteiger partial charge on any atom is -0.204 e. The van der Waals surface area contributed by atoms with Crippen LogP contribution in [0.4, 0.5) is 11.4 Å². The van der Waals surface area contributed by atoms with Crippen LogP contribution in [0, 0.1) is 0 Å². The van der Waals surface area contributed by atoms with Gasteiger partial charge in [-0.1, -0.05) is 54.6 Å². The summed E-state index contributed by atoms with van der Waals surface area (Å²) in [6, 6.07) is 31.3. The number of rotatable bonds is 3. The summed E-state index contributed by atoms with van der Waals surface area (Å²) in [6.45, 7) is 0.762. The summed E-state index contributed by atoms with van der Waals surface area (Å²) in [5.74, 6) is 1.10. The third-order valence-electron chi connectivity index (χ3n) is 3.98. The fourth-order valence-corrected chi connectivity index (χ4v) is 2.82. The second-order valence-corrected chi connectivity index (χ2v) is 5.50. The summed E-state index contributed by atoms with van der Waals surface area (Å²) >= 11 is 0. The van der Waals surface area contributed by atoms with Crippen molar-refractivity contribution in [2.24, 2.45) is 0 Å². The number of hydrazine groups is 1. The third kappa shape index (κ3) is 2.69. The first-order valence-electron chi connectivity index (χ1n) is 7.76. The second-order valence-electron chi connectivity index (χ2n) is 5.50. The lowest BCUT2D eigenvalue weighted by atomic mass is 10.2. The van der Waals surface area contributed by atoms with E-state index in [9.17, 15) is 0 Å². The van der Waals surface area contributed by atoms with Gasteiger partial charge in [-0.3, -0.25) is 0 Å². The second kappa shape index (κ2) is 5.97. The van der Waals surface area contributed by atoms with Crippen molar-refractivity contribution in [1.29, 1.82) is 0 Å². The van der Waals surface area contributed by atoms with Gasteiger partial charge >= 0.3 is 5.84 Å². The number of benzene rings is 3. The van der Waals surface area contributed by atoms with E-state index in [4.69, 9.17) is 0 Å². The quantitative estimate of drug-likeness (QED) is 0.742. The summed E-state index contributed by atoms with van der Waals surface area (Å²) in [4.78, 5) is 0. The maximum Gasteiger partial charge on any atom is 0.307 e. The van der Waals surface area contributed by atoms with Gasteiger partial charge in [-0.05, 0) is 36.4 Å². The molecule has 3 aromatic carbocycles. The Balaban J connectivity index is 1.76. The van der Waals surface area contributed by atoms with E-state index in [0.29, 0.717) is 0 Å². The Morgan fingerprint density at radius 2 is 1.26 bits per heavy atom. The van der Waals surface area contributed by atoms with E-state index < -0.39 is 0 Å². The Morgan fingerprint density at radius 1 is 0.696 bits per heavy atom. The van der Waals surface area contributed by atoms with Crippen LogP contribution in [-0.2, 0) is 0 Å². The number of amidine groups is 1. The van der Waals surface area contributed by atoms with Crippen LogP contribution in [-0.4, -0.2) is 17.1 Å². The van der Waals surface area contributed by atoms with Gasteiger partial charge in [-0.25, -0.2) is 4.58 Å². The van der Waals surface area contributed by atoms with Gasteiger partial charge < -0.3 is 0 Å². The van der Waals surface area contributed by atoms with E-state index in [1.807, 2.05) is 18.2 Å². The molecule has 0 spiro atoms. The number of para-hydroxylation sites is 2. The largest absolute Gasteiger partial charge is 0.307 e. The SMILES string of the molecule is c1ccc(C2=[N+](c3ccccc3)CN(c3ccccc3)N2)cc1. The Bertz CT molecular complexity index is 760. The van der Waals surface area contributed by atoms with E-state index >= 15 is 0 Å². The fourth-order valence-electron chi connectivity index (χ4n) is 2.82. The van der Waals surface area contributed by atoms with Crippen LogP contribution < -0.4 is 10.4 Å². The van der Waals surface area contributed by atoms with E-state index in [-0.39, 0.29) is 0 Å². The summed E-state index contributed by atoms with van der Waals surface area (Å²) in [7, 11) is 0. The molecule has 4 rings (SSSR count). The molecule has 3 aromatic rings. The molecule has 0 aromatic heterocycles. The molecule has 0 bridgehead atoms. The van der Waals surface area contributed by atoms with Crippen LogP contribution in [0.5, 0.6) is 0 Å². The highest BCUT2D eigenvalue weighted by atomic mass is 15.6. The fraction of sp³-hybridized carbons (Fsp3) is 0.0500. The Hall–Kier alpha value is -3.07. The topological polar surface area (TPSA) is 18.3 Å². The molecule has 1 N–H and O–H groups in total. The van der Waals surface area contributed by atoms with E-state index in [0.717, 1.165) is 18.2 Å². The molecule has 3 heteroatoms. The summed E-state index contributed by atoms with van der Waals surface area (Å²) < 4.78 is 2.29. The van der Waals surface area contributed by atoms with Gasteiger partial charge in [0.2, 0.25) is 0 Å². The molecule has 0 saturated carbocycles. The van der Waals surface area contributed by atoms with Crippen molar-refractivity contribution in [3.05, 3.63) is 96.6 Å². The summed E-state index contributed by atoms with van der Waals surface area (Å²) in [6.07, 6.45) is 0. The predicted molar refractivity (Wildman–Crippen MR) is 93.8 cm³/mol. The molecule has 0 saturated heterocycles. The van der Waals surface area contributed by atoms with Crippen molar-refractivity contribution in [2.45, 2.75) is 0 Å². The highest BCUT2D eigenvalue weighted by Gasteiger charge is 2.31. The van der Waals surface area contributed by atoms with Crippen molar-refractivity contribution >= 4 is 17.2 Å². The van der Waals surface area contributed by atoms with Crippen LogP contribution in [0.25, 0.3) is 0 Å². The van der Waals surface area contributed by atoms with Gasteiger partial charge in [0, 0.05) is 0 Å². The molecule has 112 valence electrons. The standard InChI is InChI=1S/C20H17N3/c1-4-10-17(11-5-1)20-21-23(19-14-8-3-9-15-19)16-22(20)18-12-6-2-7-13-18/h1-15H,16H2/p+1. The molecule has 0 radical (unpaired) electrons. The molecule has 0 atom stereocenters. The smallest absolute Gasteiger partial charge is 0.204 e. The molecule has 0 aliphatic carbocycles. The van der Waals surface area contributed by atoms with Gasteiger partial charge in [0.1, 0.15) is 5.69 Å². The molecular weight excluding hydrogens is 282 g/mol. The minimum atomic E-state index is 0.762. The third-order valence-corrected chi connectivity index (χ3v) is 3.98. The van der Waals surface area contributed by atoms with Crippen LogP contribution >= 0.6 is 0 Å². The van der Waals surface area contributed by atoms with Crippen molar-refractivity contribution < 1.29 is 4.58 Å². The van der Waals surface area contributed by atoms with Crippen LogP contribution in [0.3, 0.4) is 0 Å². The molecule has 23 heavy (non-hydrogen) atoms. The highest BCUT2D eigenvalue weighted by molar-refractivity contribution is 5.97. The first kappa shape index (κ1) is 13.6. The summed E-state index contributed by atoms with van der Waals surface area (Å²) in [5.41, 5.74) is 7.05. The first-order valence-corrected chi connectivity index (χ1v) is 7.76. The highest BCUT2D eigenvalue weighted by Crippen LogP contribution is 2.21. The van der Waals surface area contributed by atoms with Crippen LogP contribution in [0.15, 0.2) is 91.0 Å². The molecule has 0 fully saturated rings. The molecule has 3 nitrogen and oxygen atoms in total. The molecule has 1 heterocycles. The average molecular weight is 300 g/mol. The Labute approximate surface area is 136 Å². The van der Waals surface area contributed by atoms with E-state index in [2.05, 4.69) is 87.8 Å². The van der Waals surface area contributed by atoms with Gasteiger partial charge in [-0.15, -0.1) is 0 Å². The number of hydrogen-bond donors (Lipinski definition) is 1. The van der Waals surface area contributed by atoms with Crippen LogP contribution in [0.1, 0.15) is 5.56 Å². The zero-order chi connectivity index (χ0) is 15.5. The Kier molecular flexibility index (Phi) is 3.53. The average Bonchev–Trinajstić information content (AvgIpc) is 3.09. The molecule has 1 aliphatic heterocycles. The van der Waals surface area contributed by atoms with Gasteiger partial charge in [0.05, 0.1) is 11.3 Å². The van der Waals surface area contributed by atoms with Gasteiger partial charge in [0.25, 0.3) is 0 Å². The monoisotopic (exact) mass is 300 g/mol.